The lowest BCUT2D eigenvalue weighted by molar-refractivity contribution is -0.728. The Hall–Kier alpha value is -2.20. The highest BCUT2D eigenvalue weighted by Crippen LogP contribution is 2.44. The van der Waals surface area contributed by atoms with E-state index >= 15 is 0 Å². The molecule has 0 aromatic heterocycles. The Kier molecular flexibility index (Phi) is 4.20. The van der Waals surface area contributed by atoms with Gasteiger partial charge < -0.3 is 19.5 Å². The SMILES string of the molecule is COc1ccc([C@H](C)[NH2+][C@@H](C)c2ccccc2)c2c1OCO2. The molecule has 2 N–H and O–H groups in total. The predicted octanol–water partition coefficient (Wildman–Crippen LogP) is 2.81. The molecule has 0 bridgehead atoms. The van der Waals surface area contributed by atoms with Crippen LogP contribution >= 0.6 is 0 Å². The first-order valence-corrected chi connectivity index (χ1v) is 7.57. The maximum Gasteiger partial charge on any atom is 0.231 e. The van der Waals surface area contributed by atoms with Crippen molar-refractivity contribution < 1.29 is 19.5 Å². The number of quaternary nitrogens is 1. The molecule has 3 rings (SSSR count). The van der Waals surface area contributed by atoms with Crippen LogP contribution in [-0.4, -0.2) is 13.9 Å². The summed E-state index contributed by atoms with van der Waals surface area (Å²) in [5.74, 6) is 2.25. The highest BCUT2D eigenvalue weighted by molar-refractivity contribution is 5.57. The number of nitrogens with two attached hydrogens (primary N) is 1. The molecule has 1 heterocycles. The van der Waals surface area contributed by atoms with Crippen molar-refractivity contribution in [3.63, 3.8) is 0 Å². The maximum absolute atomic E-state index is 5.66. The van der Waals surface area contributed by atoms with Crippen LogP contribution in [0.1, 0.15) is 37.1 Å². The zero-order valence-corrected chi connectivity index (χ0v) is 13.2. The summed E-state index contributed by atoms with van der Waals surface area (Å²) in [6, 6.07) is 15.1. The number of benzene rings is 2. The van der Waals surface area contributed by atoms with Crippen LogP contribution in [0.2, 0.25) is 0 Å². The predicted molar refractivity (Wildman–Crippen MR) is 84.3 cm³/mol. The number of methoxy groups -OCH3 is 1. The zero-order chi connectivity index (χ0) is 15.5. The van der Waals surface area contributed by atoms with Crippen molar-refractivity contribution in [3.8, 4) is 17.2 Å². The molecule has 2 aromatic rings. The van der Waals surface area contributed by atoms with Gasteiger partial charge in [0.2, 0.25) is 12.5 Å². The third-order valence-corrected chi connectivity index (χ3v) is 4.13. The fraction of sp³-hybridized carbons (Fsp3) is 0.333. The molecule has 0 fully saturated rings. The molecule has 4 nitrogen and oxygen atoms in total. The van der Waals surface area contributed by atoms with Crippen LogP contribution in [0.5, 0.6) is 17.2 Å². The first-order chi connectivity index (χ1) is 10.7. The second kappa shape index (κ2) is 6.28. The molecule has 0 spiro atoms. The maximum atomic E-state index is 5.66. The molecule has 4 heteroatoms. The molecular formula is C18H22NO3+. The van der Waals surface area contributed by atoms with Gasteiger partial charge in [-0.3, -0.25) is 0 Å². The third kappa shape index (κ3) is 2.74. The zero-order valence-electron chi connectivity index (χ0n) is 13.2. The van der Waals surface area contributed by atoms with Gasteiger partial charge >= 0.3 is 0 Å². The van der Waals surface area contributed by atoms with Crippen LogP contribution in [-0.2, 0) is 0 Å². The quantitative estimate of drug-likeness (QED) is 0.923. The summed E-state index contributed by atoms with van der Waals surface area (Å²) in [6.45, 7) is 4.65. The van der Waals surface area contributed by atoms with Crippen LogP contribution in [0.4, 0.5) is 0 Å². The van der Waals surface area contributed by atoms with Gasteiger partial charge in [0.15, 0.2) is 11.5 Å². The average Bonchev–Trinajstić information content (AvgIpc) is 3.04. The summed E-state index contributed by atoms with van der Waals surface area (Å²) >= 11 is 0. The lowest BCUT2D eigenvalue weighted by Gasteiger charge is -2.19. The molecule has 0 aliphatic carbocycles. The first kappa shape index (κ1) is 14.7. The lowest BCUT2D eigenvalue weighted by atomic mass is 10.0. The lowest BCUT2D eigenvalue weighted by Crippen LogP contribution is -2.85. The highest BCUT2D eigenvalue weighted by atomic mass is 16.7. The van der Waals surface area contributed by atoms with Crippen LogP contribution in [0.3, 0.4) is 0 Å². The second-order valence-corrected chi connectivity index (χ2v) is 5.60. The van der Waals surface area contributed by atoms with Crippen LogP contribution in [0.15, 0.2) is 42.5 Å². The number of fused-ring (bicyclic) bond motifs is 1. The van der Waals surface area contributed by atoms with E-state index < -0.39 is 0 Å². The van der Waals surface area contributed by atoms with Crippen molar-refractivity contribution in [2.24, 2.45) is 0 Å². The van der Waals surface area contributed by atoms with Crippen molar-refractivity contribution in [2.45, 2.75) is 25.9 Å². The molecule has 2 atom stereocenters. The van der Waals surface area contributed by atoms with Crippen LogP contribution in [0, 0.1) is 0 Å². The van der Waals surface area contributed by atoms with Gasteiger partial charge in [0, 0.05) is 5.56 Å². The number of rotatable bonds is 5. The Labute approximate surface area is 131 Å². The van der Waals surface area contributed by atoms with Gasteiger partial charge in [-0.25, -0.2) is 0 Å². The monoisotopic (exact) mass is 300 g/mol. The smallest absolute Gasteiger partial charge is 0.231 e. The summed E-state index contributed by atoms with van der Waals surface area (Å²) < 4.78 is 16.5. The minimum Gasteiger partial charge on any atom is -0.493 e. The van der Waals surface area contributed by atoms with E-state index in [0.29, 0.717) is 11.8 Å². The third-order valence-electron chi connectivity index (χ3n) is 4.13. The van der Waals surface area contributed by atoms with E-state index in [1.165, 1.54) is 5.56 Å². The van der Waals surface area contributed by atoms with Gasteiger partial charge in [0.05, 0.1) is 12.7 Å². The second-order valence-electron chi connectivity index (χ2n) is 5.60. The Morgan fingerprint density at radius 1 is 0.955 bits per heavy atom. The molecule has 116 valence electrons. The van der Waals surface area contributed by atoms with E-state index in [1.54, 1.807) is 7.11 Å². The molecule has 0 radical (unpaired) electrons. The Morgan fingerprint density at radius 2 is 1.68 bits per heavy atom. The van der Waals surface area contributed by atoms with Gasteiger partial charge in [-0.05, 0) is 26.0 Å². The molecule has 2 aromatic carbocycles. The van der Waals surface area contributed by atoms with Gasteiger partial charge in [-0.2, -0.15) is 0 Å². The van der Waals surface area contributed by atoms with Crippen molar-refractivity contribution in [1.82, 2.24) is 0 Å². The fourth-order valence-electron chi connectivity index (χ4n) is 2.92. The van der Waals surface area contributed by atoms with E-state index in [2.05, 4.69) is 49.5 Å². The van der Waals surface area contributed by atoms with E-state index in [0.717, 1.165) is 17.1 Å². The summed E-state index contributed by atoms with van der Waals surface area (Å²) in [5, 5.41) is 2.33. The van der Waals surface area contributed by atoms with Crippen LogP contribution in [0.25, 0.3) is 0 Å². The van der Waals surface area contributed by atoms with Crippen molar-refractivity contribution in [1.29, 1.82) is 0 Å². The summed E-state index contributed by atoms with van der Waals surface area (Å²) in [6.07, 6.45) is 0. The van der Waals surface area contributed by atoms with E-state index in [4.69, 9.17) is 14.2 Å². The molecule has 0 saturated carbocycles. The van der Waals surface area contributed by atoms with Crippen molar-refractivity contribution in [3.05, 3.63) is 53.6 Å². The number of hydrogen-bond donors (Lipinski definition) is 1. The van der Waals surface area contributed by atoms with Gasteiger partial charge in [0.25, 0.3) is 0 Å². The first-order valence-electron chi connectivity index (χ1n) is 7.57. The largest absolute Gasteiger partial charge is 0.493 e. The molecule has 0 unspecified atom stereocenters. The van der Waals surface area contributed by atoms with E-state index in [9.17, 15) is 0 Å². The molecule has 0 amide bonds. The summed E-state index contributed by atoms with van der Waals surface area (Å²) in [7, 11) is 1.64. The average molecular weight is 300 g/mol. The molecular weight excluding hydrogens is 278 g/mol. The topological polar surface area (TPSA) is 44.3 Å². The Balaban J connectivity index is 1.81. The Morgan fingerprint density at radius 3 is 2.41 bits per heavy atom. The molecule has 22 heavy (non-hydrogen) atoms. The van der Waals surface area contributed by atoms with Crippen molar-refractivity contribution >= 4 is 0 Å². The minimum absolute atomic E-state index is 0.254. The molecule has 1 aliphatic heterocycles. The number of ether oxygens (including phenoxy) is 3. The fourth-order valence-corrected chi connectivity index (χ4v) is 2.92. The summed E-state index contributed by atoms with van der Waals surface area (Å²) in [5.41, 5.74) is 2.45. The van der Waals surface area contributed by atoms with Gasteiger partial charge in [0.1, 0.15) is 12.1 Å². The van der Waals surface area contributed by atoms with E-state index in [1.807, 2.05) is 12.1 Å². The Bertz CT molecular complexity index is 642. The van der Waals surface area contributed by atoms with Gasteiger partial charge in [-0.1, -0.05) is 30.3 Å². The standard InChI is InChI=1S/C18H21NO3/c1-12(14-7-5-4-6-8-14)19-13(2)15-9-10-16(20-3)18-17(15)21-11-22-18/h4-10,12-13,19H,11H2,1-3H3/p+1/t12-,13-/m0/s1. The van der Waals surface area contributed by atoms with Gasteiger partial charge in [-0.15, -0.1) is 0 Å². The van der Waals surface area contributed by atoms with E-state index in [-0.39, 0.29) is 12.8 Å². The number of hydrogen-bond acceptors (Lipinski definition) is 3. The molecule has 0 saturated heterocycles. The summed E-state index contributed by atoms with van der Waals surface area (Å²) in [4.78, 5) is 0. The minimum atomic E-state index is 0.254. The highest BCUT2D eigenvalue weighted by Gasteiger charge is 2.27. The molecule has 1 aliphatic rings. The van der Waals surface area contributed by atoms with Crippen LogP contribution < -0.4 is 19.5 Å². The van der Waals surface area contributed by atoms with Crippen molar-refractivity contribution in [2.75, 3.05) is 13.9 Å². The normalized spacial score (nSPS) is 15.4.